The normalized spacial score (nSPS) is 15.0. The van der Waals surface area contributed by atoms with Crippen molar-refractivity contribution in [3.05, 3.63) is 55.8 Å². The van der Waals surface area contributed by atoms with E-state index in [4.69, 9.17) is 5.73 Å². The van der Waals surface area contributed by atoms with Crippen molar-refractivity contribution in [2.24, 2.45) is 0 Å². The van der Waals surface area contributed by atoms with Crippen LogP contribution in [0.5, 0.6) is 0 Å². The zero-order chi connectivity index (χ0) is 14.1. The molecule has 0 saturated heterocycles. The summed E-state index contributed by atoms with van der Waals surface area (Å²) < 4.78 is 0. The summed E-state index contributed by atoms with van der Waals surface area (Å²) in [5.41, 5.74) is 8.36. The lowest BCUT2D eigenvalue weighted by Crippen LogP contribution is -2.29. The molecule has 104 valence electrons. The van der Waals surface area contributed by atoms with Crippen LogP contribution in [0.15, 0.2) is 29.6 Å². The largest absolute Gasteiger partial charge is 0.393 e. The Kier molecular flexibility index (Phi) is 3.42. The van der Waals surface area contributed by atoms with Crippen LogP contribution < -0.4 is 5.73 Å². The minimum absolute atomic E-state index is 0.0208. The van der Waals surface area contributed by atoms with Crippen molar-refractivity contribution in [1.82, 2.24) is 4.90 Å². The van der Waals surface area contributed by atoms with Crippen LogP contribution in [0, 0.1) is 10.1 Å². The third-order valence-electron chi connectivity index (χ3n) is 3.58. The summed E-state index contributed by atoms with van der Waals surface area (Å²) >= 11 is 1.82. The van der Waals surface area contributed by atoms with E-state index in [1.165, 1.54) is 16.5 Å². The van der Waals surface area contributed by atoms with Crippen molar-refractivity contribution in [1.29, 1.82) is 0 Å². The second kappa shape index (κ2) is 5.22. The van der Waals surface area contributed by atoms with E-state index < -0.39 is 4.92 Å². The van der Waals surface area contributed by atoms with E-state index in [2.05, 4.69) is 16.3 Å². The highest BCUT2D eigenvalue weighted by Crippen LogP contribution is 2.27. The van der Waals surface area contributed by atoms with E-state index in [-0.39, 0.29) is 11.4 Å². The number of nitrogen functional groups attached to an aromatic ring is 1. The second-order valence-electron chi connectivity index (χ2n) is 4.98. The van der Waals surface area contributed by atoms with Gasteiger partial charge in [-0.15, -0.1) is 11.3 Å². The molecule has 2 aromatic rings. The number of anilines is 1. The summed E-state index contributed by atoms with van der Waals surface area (Å²) in [4.78, 5) is 14.1. The molecule has 0 fully saturated rings. The van der Waals surface area contributed by atoms with Crippen molar-refractivity contribution in [3.63, 3.8) is 0 Å². The van der Waals surface area contributed by atoms with Crippen LogP contribution in [0.4, 0.5) is 11.4 Å². The van der Waals surface area contributed by atoms with Crippen LogP contribution in [0.1, 0.15) is 16.0 Å². The molecule has 0 amide bonds. The van der Waals surface area contributed by atoms with E-state index in [1.54, 1.807) is 12.1 Å². The molecule has 0 saturated carbocycles. The Morgan fingerprint density at radius 1 is 1.40 bits per heavy atom. The van der Waals surface area contributed by atoms with Crippen LogP contribution in [0.2, 0.25) is 0 Å². The Hall–Kier alpha value is -1.92. The van der Waals surface area contributed by atoms with Crippen molar-refractivity contribution < 1.29 is 4.92 Å². The zero-order valence-electron chi connectivity index (χ0n) is 10.9. The van der Waals surface area contributed by atoms with Crippen molar-refractivity contribution in [2.75, 3.05) is 12.3 Å². The number of nitrogens with zero attached hydrogens (tertiary/aromatic N) is 2. The van der Waals surface area contributed by atoms with E-state index in [0.29, 0.717) is 0 Å². The van der Waals surface area contributed by atoms with Gasteiger partial charge in [-0.2, -0.15) is 0 Å². The molecule has 0 spiro atoms. The average molecular weight is 289 g/mol. The minimum atomic E-state index is -0.447. The Bertz CT molecular complexity index is 654. The van der Waals surface area contributed by atoms with E-state index in [9.17, 15) is 10.1 Å². The maximum Gasteiger partial charge on any atom is 0.292 e. The van der Waals surface area contributed by atoms with E-state index in [0.717, 1.165) is 31.6 Å². The molecule has 6 heteroatoms. The highest BCUT2D eigenvalue weighted by molar-refractivity contribution is 7.10. The monoisotopic (exact) mass is 289 g/mol. The number of hydrogen-bond donors (Lipinski definition) is 1. The molecule has 20 heavy (non-hydrogen) atoms. The van der Waals surface area contributed by atoms with Gasteiger partial charge in [-0.3, -0.25) is 15.0 Å². The van der Waals surface area contributed by atoms with Gasteiger partial charge >= 0.3 is 0 Å². The van der Waals surface area contributed by atoms with Gasteiger partial charge in [0.2, 0.25) is 0 Å². The fraction of sp³-hybridized carbons (Fsp3) is 0.286. The lowest BCUT2D eigenvalue weighted by Gasteiger charge is -2.26. The molecule has 0 atom stereocenters. The van der Waals surface area contributed by atoms with Crippen LogP contribution >= 0.6 is 11.3 Å². The maximum absolute atomic E-state index is 10.7. The fourth-order valence-corrected chi connectivity index (χ4v) is 3.46. The Morgan fingerprint density at radius 3 is 3.00 bits per heavy atom. The molecular weight excluding hydrogens is 274 g/mol. The number of thiophene rings is 1. The third-order valence-corrected chi connectivity index (χ3v) is 4.60. The summed E-state index contributed by atoms with van der Waals surface area (Å²) in [5.74, 6) is 0. The SMILES string of the molecule is Nc1cc(CN2CCc3sccc3C2)ccc1[N+](=O)[O-]. The van der Waals surface area contributed by atoms with Gasteiger partial charge in [0.25, 0.3) is 5.69 Å². The summed E-state index contributed by atoms with van der Waals surface area (Å²) in [6.07, 6.45) is 1.08. The smallest absolute Gasteiger partial charge is 0.292 e. The highest BCUT2D eigenvalue weighted by atomic mass is 32.1. The summed E-state index contributed by atoms with van der Waals surface area (Å²) in [6, 6.07) is 7.17. The Morgan fingerprint density at radius 2 is 2.25 bits per heavy atom. The molecule has 0 aliphatic carbocycles. The van der Waals surface area contributed by atoms with Gasteiger partial charge in [0.1, 0.15) is 5.69 Å². The standard InChI is InChI=1S/C14H15N3O2S/c15-12-7-10(1-2-13(12)17(18)19)8-16-5-3-14-11(9-16)4-6-20-14/h1-2,4,6-7H,3,5,8-9,15H2. The number of nitrogens with two attached hydrogens (primary N) is 1. The van der Waals surface area contributed by atoms with Gasteiger partial charge in [-0.05, 0) is 35.1 Å². The first-order valence-electron chi connectivity index (χ1n) is 6.44. The van der Waals surface area contributed by atoms with Gasteiger partial charge in [-0.25, -0.2) is 0 Å². The molecule has 0 bridgehead atoms. The number of nitro benzene ring substituents is 1. The molecule has 1 aliphatic heterocycles. The van der Waals surface area contributed by atoms with E-state index in [1.807, 2.05) is 11.3 Å². The predicted molar refractivity (Wildman–Crippen MR) is 79.6 cm³/mol. The lowest BCUT2D eigenvalue weighted by molar-refractivity contribution is -0.383. The Balaban J connectivity index is 1.73. The second-order valence-corrected chi connectivity index (χ2v) is 5.98. The van der Waals surface area contributed by atoms with Gasteiger partial charge in [0.05, 0.1) is 4.92 Å². The molecule has 3 rings (SSSR count). The minimum Gasteiger partial charge on any atom is -0.393 e. The molecule has 1 aliphatic rings. The first-order valence-corrected chi connectivity index (χ1v) is 7.32. The van der Waals surface area contributed by atoms with Gasteiger partial charge in [-0.1, -0.05) is 6.07 Å². The zero-order valence-corrected chi connectivity index (χ0v) is 11.7. The van der Waals surface area contributed by atoms with Crippen LogP contribution in [-0.2, 0) is 19.5 Å². The van der Waals surface area contributed by atoms with Crippen LogP contribution in [-0.4, -0.2) is 16.4 Å². The lowest BCUT2D eigenvalue weighted by atomic mass is 10.1. The molecule has 0 unspecified atom stereocenters. The molecule has 2 heterocycles. The summed E-state index contributed by atoms with van der Waals surface area (Å²) in [6.45, 7) is 2.73. The first kappa shape index (κ1) is 13.1. The molecule has 0 radical (unpaired) electrons. The average Bonchev–Trinajstić information content (AvgIpc) is 2.85. The van der Waals surface area contributed by atoms with Crippen LogP contribution in [0.3, 0.4) is 0 Å². The molecular formula is C14H15N3O2S. The maximum atomic E-state index is 10.7. The fourth-order valence-electron chi connectivity index (χ4n) is 2.57. The number of fused-ring (bicyclic) bond motifs is 1. The van der Waals surface area contributed by atoms with Gasteiger partial charge in [0.15, 0.2) is 0 Å². The topological polar surface area (TPSA) is 72.4 Å². The van der Waals surface area contributed by atoms with Gasteiger partial charge in [0, 0.05) is 30.6 Å². The number of hydrogen-bond acceptors (Lipinski definition) is 5. The van der Waals surface area contributed by atoms with Gasteiger partial charge < -0.3 is 5.73 Å². The van der Waals surface area contributed by atoms with Crippen molar-refractivity contribution >= 4 is 22.7 Å². The number of benzene rings is 1. The molecule has 1 aromatic carbocycles. The first-order chi connectivity index (χ1) is 9.63. The third kappa shape index (κ3) is 2.52. The highest BCUT2D eigenvalue weighted by Gasteiger charge is 2.18. The molecule has 2 N–H and O–H groups in total. The van der Waals surface area contributed by atoms with Crippen LogP contribution in [0.25, 0.3) is 0 Å². The quantitative estimate of drug-likeness (QED) is 0.536. The van der Waals surface area contributed by atoms with E-state index >= 15 is 0 Å². The van der Waals surface area contributed by atoms with Crippen molar-refractivity contribution in [3.8, 4) is 0 Å². The molecule has 5 nitrogen and oxygen atoms in total. The summed E-state index contributed by atoms with van der Waals surface area (Å²) in [5, 5.41) is 12.9. The number of nitro groups is 1. The predicted octanol–water partition coefficient (Wildman–Crippen LogP) is 2.80. The summed E-state index contributed by atoms with van der Waals surface area (Å²) in [7, 11) is 0. The van der Waals surface area contributed by atoms with Crippen molar-refractivity contribution in [2.45, 2.75) is 19.5 Å². The number of rotatable bonds is 3. The molecule has 1 aromatic heterocycles. The Labute approximate surface area is 120 Å².